The summed E-state index contributed by atoms with van der Waals surface area (Å²) in [4.78, 5) is 13.1. The number of carbonyl (C=O) groups excluding carboxylic acids is 1. The maximum absolute atomic E-state index is 13.1. The first-order chi connectivity index (χ1) is 19.4. The maximum Gasteiger partial charge on any atom is 0.310 e. The molecular weight excluding hydrogens is 498 g/mol. The zero-order valence-corrected chi connectivity index (χ0v) is 22.5. The lowest BCUT2D eigenvalue weighted by Crippen LogP contribution is -2.42. The molecule has 0 saturated heterocycles. The van der Waals surface area contributed by atoms with E-state index in [1.54, 1.807) is 12.1 Å². The highest BCUT2D eigenvalue weighted by atomic mass is 16.5. The molecule has 4 aromatic carbocycles. The third kappa shape index (κ3) is 7.99. The summed E-state index contributed by atoms with van der Waals surface area (Å²) in [6.45, 7) is 0. The summed E-state index contributed by atoms with van der Waals surface area (Å²) >= 11 is 0. The van der Waals surface area contributed by atoms with Crippen molar-refractivity contribution in [1.29, 1.82) is 5.41 Å². The van der Waals surface area contributed by atoms with Gasteiger partial charge in [-0.05, 0) is 46.7 Å². The van der Waals surface area contributed by atoms with E-state index in [1.165, 1.54) is 12.7 Å². The number of aliphatic hydroxyl groups excluding tert-OH is 1. The van der Waals surface area contributed by atoms with Gasteiger partial charge in [-0.2, -0.15) is 0 Å². The lowest BCUT2D eigenvalue weighted by molar-refractivity contribution is -0.146. The first kappa shape index (κ1) is 28.5. The summed E-state index contributed by atoms with van der Waals surface area (Å²) in [6, 6.07) is 34.5. The average molecular weight is 534 g/mol. The van der Waals surface area contributed by atoms with E-state index in [-0.39, 0.29) is 5.84 Å². The third-order valence-corrected chi connectivity index (χ3v) is 6.82. The van der Waals surface area contributed by atoms with Crippen molar-refractivity contribution in [3.8, 4) is 0 Å². The van der Waals surface area contributed by atoms with Gasteiger partial charge >= 0.3 is 5.97 Å². The van der Waals surface area contributed by atoms with E-state index >= 15 is 0 Å². The molecule has 4 rings (SSSR count). The van der Waals surface area contributed by atoms with Gasteiger partial charge in [0.25, 0.3) is 0 Å². The number of esters is 1. The number of benzene rings is 4. The molecule has 0 heterocycles. The predicted molar refractivity (Wildman–Crippen MR) is 160 cm³/mol. The van der Waals surface area contributed by atoms with Gasteiger partial charge in [-0.3, -0.25) is 15.5 Å². The van der Waals surface area contributed by atoms with Crippen molar-refractivity contribution in [1.82, 2.24) is 5.32 Å². The van der Waals surface area contributed by atoms with Crippen LogP contribution in [0, 0.1) is 11.3 Å². The summed E-state index contributed by atoms with van der Waals surface area (Å²) in [5.41, 5.74) is 11.1. The summed E-state index contributed by atoms with van der Waals surface area (Å²) in [5, 5.41) is 22.2. The van der Waals surface area contributed by atoms with E-state index < -0.39 is 24.2 Å². The largest absolute Gasteiger partial charge is 0.469 e. The zero-order chi connectivity index (χ0) is 28.3. The Morgan fingerprint density at radius 3 is 2.17 bits per heavy atom. The molecule has 3 atom stereocenters. The van der Waals surface area contributed by atoms with Gasteiger partial charge in [-0.25, -0.2) is 0 Å². The number of amidine groups is 1. The Labute approximate surface area is 235 Å². The number of hydrogen-bond acceptors (Lipinski definition) is 5. The van der Waals surface area contributed by atoms with Crippen molar-refractivity contribution in [2.45, 2.75) is 25.1 Å². The molecule has 0 radical (unpaired) electrons. The van der Waals surface area contributed by atoms with Crippen LogP contribution in [0.2, 0.25) is 0 Å². The second-order valence-corrected chi connectivity index (χ2v) is 9.72. The fourth-order valence-corrected chi connectivity index (χ4v) is 4.64. The summed E-state index contributed by atoms with van der Waals surface area (Å²) in [6.07, 6.45) is 3.92. The SMILES string of the molecule is COC(=O)C(Cc1cccc(C(=N)N)c1)C(/C=C/c1ccccc1)NC(O)c1ccc(Cc2ccccc2)cc1. The number of aliphatic hydroxyl groups is 1. The smallest absolute Gasteiger partial charge is 0.310 e. The Kier molecular flexibility index (Phi) is 9.99. The van der Waals surface area contributed by atoms with Crippen LogP contribution in [0.1, 0.15) is 39.6 Å². The number of nitrogen functional groups attached to an aromatic ring is 1. The molecule has 6 heteroatoms. The van der Waals surface area contributed by atoms with Crippen LogP contribution >= 0.6 is 0 Å². The van der Waals surface area contributed by atoms with Gasteiger partial charge in [0.15, 0.2) is 0 Å². The minimum Gasteiger partial charge on any atom is -0.469 e. The normalized spacial score (nSPS) is 13.4. The number of ether oxygens (including phenoxy) is 1. The van der Waals surface area contributed by atoms with Crippen LogP contribution in [0.3, 0.4) is 0 Å². The van der Waals surface area contributed by atoms with Crippen LogP contribution in [0.5, 0.6) is 0 Å². The van der Waals surface area contributed by atoms with E-state index in [0.717, 1.165) is 23.1 Å². The second-order valence-electron chi connectivity index (χ2n) is 9.72. The second kappa shape index (κ2) is 14.0. The van der Waals surface area contributed by atoms with E-state index in [4.69, 9.17) is 15.9 Å². The highest BCUT2D eigenvalue weighted by molar-refractivity contribution is 5.95. The third-order valence-electron chi connectivity index (χ3n) is 6.82. The van der Waals surface area contributed by atoms with Gasteiger partial charge in [0.05, 0.1) is 13.0 Å². The molecule has 0 aliphatic heterocycles. The molecule has 0 aromatic heterocycles. The zero-order valence-electron chi connectivity index (χ0n) is 22.5. The van der Waals surface area contributed by atoms with E-state index in [9.17, 15) is 9.90 Å². The van der Waals surface area contributed by atoms with Crippen LogP contribution in [-0.4, -0.2) is 30.1 Å². The van der Waals surface area contributed by atoms with Crippen molar-refractivity contribution in [2.75, 3.05) is 7.11 Å². The van der Waals surface area contributed by atoms with Crippen molar-refractivity contribution < 1.29 is 14.6 Å². The molecule has 0 aliphatic rings. The lowest BCUT2D eigenvalue weighted by Gasteiger charge is -2.27. The van der Waals surface area contributed by atoms with Crippen LogP contribution in [-0.2, 0) is 22.4 Å². The number of hydrogen-bond donors (Lipinski definition) is 4. The van der Waals surface area contributed by atoms with E-state index in [2.05, 4.69) is 17.4 Å². The topological polar surface area (TPSA) is 108 Å². The Morgan fingerprint density at radius 2 is 1.52 bits per heavy atom. The highest BCUT2D eigenvalue weighted by Crippen LogP contribution is 2.22. The molecule has 0 saturated carbocycles. The van der Waals surface area contributed by atoms with Crippen LogP contribution in [0.4, 0.5) is 0 Å². The molecule has 6 nitrogen and oxygen atoms in total. The molecule has 0 fully saturated rings. The van der Waals surface area contributed by atoms with Crippen LogP contribution in [0.25, 0.3) is 6.08 Å². The minimum atomic E-state index is -1.02. The summed E-state index contributed by atoms with van der Waals surface area (Å²) in [7, 11) is 1.36. The van der Waals surface area contributed by atoms with Crippen molar-refractivity contribution in [2.24, 2.45) is 11.7 Å². The first-order valence-electron chi connectivity index (χ1n) is 13.2. The van der Waals surface area contributed by atoms with Gasteiger partial charge in [0.2, 0.25) is 0 Å². The molecular formula is C34H35N3O3. The number of nitrogens with two attached hydrogens (primary N) is 1. The number of rotatable bonds is 12. The molecule has 0 spiro atoms. The number of methoxy groups -OCH3 is 1. The number of nitrogens with one attached hydrogen (secondary N) is 2. The van der Waals surface area contributed by atoms with E-state index in [0.29, 0.717) is 17.5 Å². The number of carbonyl (C=O) groups is 1. The highest BCUT2D eigenvalue weighted by Gasteiger charge is 2.30. The van der Waals surface area contributed by atoms with Crippen molar-refractivity contribution in [3.63, 3.8) is 0 Å². The van der Waals surface area contributed by atoms with Crippen LogP contribution < -0.4 is 11.1 Å². The molecule has 0 amide bonds. The molecule has 4 aromatic rings. The fourth-order valence-electron chi connectivity index (χ4n) is 4.64. The standard InChI is InChI=1S/C34H35N3O3/c1-40-34(39)30(23-27-13-8-14-29(22-27)32(35)36)31(20-17-24-9-4-2-5-10-24)37-33(38)28-18-15-26(16-19-28)21-25-11-6-3-7-12-25/h2-20,22,30-31,33,37-38H,21,23H2,1H3,(H3,35,36)/b20-17+. The Bertz CT molecular complexity index is 1420. The van der Waals surface area contributed by atoms with Gasteiger partial charge in [-0.15, -0.1) is 0 Å². The summed E-state index contributed by atoms with van der Waals surface area (Å²) < 4.78 is 5.19. The Hall–Kier alpha value is -4.52. The molecule has 0 aliphatic carbocycles. The van der Waals surface area contributed by atoms with Gasteiger partial charge in [0.1, 0.15) is 12.1 Å². The molecule has 0 bridgehead atoms. The van der Waals surface area contributed by atoms with E-state index in [1.807, 2.05) is 97.1 Å². The average Bonchev–Trinajstić information content (AvgIpc) is 2.99. The van der Waals surface area contributed by atoms with Gasteiger partial charge < -0.3 is 15.6 Å². The maximum atomic E-state index is 13.1. The monoisotopic (exact) mass is 533 g/mol. The lowest BCUT2D eigenvalue weighted by atomic mass is 9.90. The van der Waals surface area contributed by atoms with Crippen molar-refractivity contribution in [3.05, 3.63) is 149 Å². The Morgan fingerprint density at radius 1 is 0.900 bits per heavy atom. The molecule has 40 heavy (non-hydrogen) atoms. The van der Waals surface area contributed by atoms with Gasteiger partial charge in [-0.1, -0.05) is 115 Å². The molecule has 204 valence electrons. The van der Waals surface area contributed by atoms with Crippen molar-refractivity contribution >= 4 is 17.9 Å². The predicted octanol–water partition coefficient (Wildman–Crippen LogP) is 5.26. The minimum absolute atomic E-state index is 0.0405. The Balaban J connectivity index is 1.58. The molecule has 5 N–H and O–H groups in total. The quantitative estimate of drug-likeness (QED) is 0.0860. The summed E-state index contributed by atoms with van der Waals surface area (Å²) in [5.74, 6) is -1.10. The van der Waals surface area contributed by atoms with Gasteiger partial charge in [0, 0.05) is 11.6 Å². The first-order valence-corrected chi connectivity index (χ1v) is 13.2. The van der Waals surface area contributed by atoms with Crippen LogP contribution in [0.15, 0.2) is 115 Å². The molecule has 3 unspecified atom stereocenters. The fraction of sp³-hybridized carbons (Fsp3) is 0.176.